The van der Waals surface area contributed by atoms with Gasteiger partial charge in [-0.05, 0) is 40.9 Å². The molecule has 3 heterocycles. The second-order valence-electron chi connectivity index (χ2n) is 5.90. The topological polar surface area (TPSA) is 55.2 Å². The summed E-state index contributed by atoms with van der Waals surface area (Å²) in [5, 5.41) is 0. The Balaban J connectivity index is 1.66. The van der Waals surface area contributed by atoms with Crippen LogP contribution in [0.1, 0.15) is 23.4 Å². The Bertz CT molecular complexity index is 510. The molecule has 3 rings (SSSR count). The van der Waals surface area contributed by atoms with E-state index in [2.05, 4.69) is 20.8 Å². The first-order valence-corrected chi connectivity index (χ1v) is 8.97. The van der Waals surface area contributed by atoms with Crippen molar-refractivity contribution in [3.05, 3.63) is 22.6 Å². The number of nitrogens with zero attached hydrogens (tertiary/aromatic N) is 2. The summed E-state index contributed by atoms with van der Waals surface area (Å²) in [6.45, 7) is 6.43. The minimum absolute atomic E-state index is 0.0316. The van der Waals surface area contributed by atoms with Crippen LogP contribution in [0.5, 0.6) is 0 Å². The molecule has 23 heavy (non-hydrogen) atoms. The van der Waals surface area contributed by atoms with Gasteiger partial charge in [-0.1, -0.05) is 0 Å². The monoisotopic (exact) mass is 386 g/mol. The van der Waals surface area contributed by atoms with Crippen LogP contribution in [0.4, 0.5) is 0 Å². The highest BCUT2D eigenvalue weighted by Crippen LogP contribution is 2.21. The molecule has 0 unspecified atom stereocenters. The SMILES string of the molecule is O=C(c1ccc(Br)o1)N(CCN1CCOCC1)C1CCOCC1. The van der Waals surface area contributed by atoms with E-state index >= 15 is 0 Å². The molecule has 0 spiro atoms. The zero-order chi connectivity index (χ0) is 16.1. The normalized spacial score (nSPS) is 20.6. The maximum atomic E-state index is 12.9. The molecule has 1 aromatic heterocycles. The molecule has 2 saturated heterocycles. The molecule has 1 aromatic rings. The average molecular weight is 387 g/mol. The third-order valence-corrected chi connectivity index (χ3v) is 4.86. The molecule has 7 heteroatoms. The second-order valence-corrected chi connectivity index (χ2v) is 6.68. The van der Waals surface area contributed by atoms with Crippen molar-refractivity contribution < 1.29 is 18.7 Å². The Morgan fingerprint density at radius 1 is 1.17 bits per heavy atom. The van der Waals surface area contributed by atoms with Gasteiger partial charge in [-0.2, -0.15) is 0 Å². The molecule has 0 atom stereocenters. The van der Waals surface area contributed by atoms with Crippen molar-refractivity contribution in [2.75, 3.05) is 52.6 Å². The smallest absolute Gasteiger partial charge is 0.289 e. The quantitative estimate of drug-likeness (QED) is 0.774. The number of hydrogen-bond donors (Lipinski definition) is 0. The van der Waals surface area contributed by atoms with Gasteiger partial charge < -0.3 is 18.8 Å². The van der Waals surface area contributed by atoms with E-state index in [-0.39, 0.29) is 11.9 Å². The van der Waals surface area contributed by atoms with E-state index < -0.39 is 0 Å². The lowest BCUT2D eigenvalue weighted by Crippen LogP contribution is -2.48. The van der Waals surface area contributed by atoms with Gasteiger partial charge in [0.15, 0.2) is 10.4 Å². The van der Waals surface area contributed by atoms with E-state index in [1.165, 1.54) is 0 Å². The highest BCUT2D eigenvalue weighted by molar-refractivity contribution is 9.10. The van der Waals surface area contributed by atoms with Gasteiger partial charge in [0.25, 0.3) is 5.91 Å². The van der Waals surface area contributed by atoms with Gasteiger partial charge >= 0.3 is 0 Å². The number of amides is 1. The predicted octanol–water partition coefficient (Wildman–Crippen LogP) is 2.00. The van der Waals surface area contributed by atoms with Gasteiger partial charge in [0, 0.05) is 45.4 Å². The van der Waals surface area contributed by atoms with Gasteiger partial charge in [-0.15, -0.1) is 0 Å². The number of rotatable bonds is 5. The average Bonchev–Trinajstić information content (AvgIpc) is 3.03. The van der Waals surface area contributed by atoms with Gasteiger partial charge in [-0.3, -0.25) is 9.69 Å². The molecule has 0 radical (unpaired) electrons. The summed E-state index contributed by atoms with van der Waals surface area (Å²) >= 11 is 3.27. The fraction of sp³-hybridized carbons (Fsp3) is 0.688. The number of halogens is 1. The maximum Gasteiger partial charge on any atom is 0.289 e. The Morgan fingerprint density at radius 3 is 2.52 bits per heavy atom. The van der Waals surface area contributed by atoms with Crippen LogP contribution in [0.3, 0.4) is 0 Å². The van der Waals surface area contributed by atoms with Crippen LogP contribution in [-0.2, 0) is 9.47 Å². The van der Waals surface area contributed by atoms with Crippen LogP contribution >= 0.6 is 15.9 Å². The number of hydrogen-bond acceptors (Lipinski definition) is 5. The maximum absolute atomic E-state index is 12.9. The van der Waals surface area contributed by atoms with Crippen LogP contribution in [0.25, 0.3) is 0 Å². The number of furan rings is 1. The van der Waals surface area contributed by atoms with Crippen LogP contribution in [-0.4, -0.2) is 74.4 Å². The summed E-state index contributed by atoms with van der Waals surface area (Å²) in [5.74, 6) is 0.362. The molecule has 2 aliphatic heterocycles. The Hall–Kier alpha value is -0.890. The van der Waals surface area contributed by atoms with Crippen molar-refractivity contribution >= 4 is 21.8 Å². The van der Waals surface area contributed by atoms with Gasteiger partial charge in [-0.25, -0.2) is 0 Å². The van der Waals surface area contributed by atoms with E-state index in [0.29, 0.717) is 30.2 Å². The van der Waals surface area contributed by atoms with Crippen molar-refractivity contribution in [1.29, 1.82) is 0 Å². The van der Waals surface area contributed by atoms with E-state index in [1.807, 2.05) is 4.90 Å². The van der Waals surface area contributed by atoms with Crippen LogP contribution < -0.4 is 0 Å². The standard InChI is InChI=1S/C16H23BrN2O4/c17-15-2-1-14(23-15)16(20)19(13-3-9-21-10-4-13)6-5-18-7-11-22-12-8-18/h1-2,13H,3-12H2. The van der Waals surface area contributed by atoms with Crippen molar-refractivity contribution in [1.82, 2.24) is 9.80 Å². The van der Waals surface area contributed by atoms with Crippen LogP contribution in [0.2, 0.25) is 0 Å². The zero-order valence-electron chi connectivity index (χ0n) is 13.2. The summed E-state index contributed by atoms with van der Waals surface area (Å²) in [7, 11) is 0. The Labute approximate surface area is 144 Å². The summed E-state index contributed by atoms with van der Waals surface area (Å²) in [4.78, 5) is 17.2. The van der Waals surface area contributed by atoms with Gasteiger partial charge in [0.05, 0.1) is 13.2 Å². The van der Waals surface area contributed by atoms with E-state index in [4.69, 9.17) is 13.9 Å². The van der Waals surface area contributed by atoms with E-state index in [1.54, 1.807) is 12.1 Å². The van der Waals surface area contributed by atoms with E-state index in [9.17, 15) is 4.79 Å². The molecule has 0 aliphatic carbocycles. The molecule has 0 aromatic carbocycles. The Morgan fingerprint density at radius 2 is 1.87 bits per heavy atom. The molecule has 128 valence electrons. The predicted molar refractivity (Wildman–Crippen MR) is 88.5 cm³/mol. The highest BCUT2D eigenvalue weighted by atomic mass is 79.9. The molecule has 1 amide bonds. The summed E-state index contributed by atoms with van der Waals surface area (Å²) < 4.78 is 16.9. The fourth-order valence-electron chi connectivity index (χ4n) is 3.09. The Kier molecular flexibility index (Phi) is 6.10. The van der Waals surface area contributed by atoms with Gasteiger partial charge in [0.1, 0.15) is 0 Å². The van der Waals surface area contributed by atoms with Crippen LogP contribution in [0, 0.1) is 0 Å². The highest BCUT2D eigenvalue weighted by Gasteiger charge is 2.28. The molecule has 6 nitrogen and oxygen atoms in total. The first-order valence-electron chi connectivity index (χ1n) is 8.18. The lowest BCUT2D eigenvalue weighted by molar-refractivity contribution is 0.0129. The van der Waals surface area contributed by atoms with Crippen molar-refractivity contribution in [3.8, 4) is 0 Å². The molecule has 0 bridgehead atoms. The summed E-state index contributed by atoms with van der Waals surface area (Å²) in [6.07, 6.45) is 1.77. The number of carbonyl (C=O) groups is 1. The number of carbonyl (C=O) groups excluding carboxylic acids is 1. The largest absolute Gasteiger partial charge is 0.444 e. The van der Waals surface area contributed by atoms with E-state index in [0.717, 1.165) is 45.7 Å². The molecule has 0 N–H and O–H groups in total. The second kappa shape index (κ2) is 8.28. The molecule has 0 saturated carbocycles. The zero-order valence-corrected chi connectivity index (χ0v) is 14.8. The summed E-state index contributed by atoms with van der Waals surface area (Å²) in [5.41, 5.74) is 0. The lowest BCUT2D eigenvalue weighted by atomic mass is 10.1. The number of morpholine rings is 1. The van der Waals surface area contributed by atoms with Gasteiger partial charge in [0.2, 0.25) is 0 Å². The first kappa shape index (κ1) is 17.0. The van der Waals surface area contributed by atoms with Crippen molar-refractivity contribution in [3.63, 3.8) is 0 Å². The van der Waals surface area contributed by atoms with Crippen molar-refractivity contribution in [2.45, 2.75) is 18.9 Å². The molecule has 2 fully saturated rings. The number of ether oxygens (including phenoxy) is 2. The minimum atomic E-state index is -0.0316. The minimum Gasteiger partial charge on any atom is -0.444 e. The molecular formula is C16H23BrN2O4. The third kappa shape index (κ3) is 4.56. The van der Waals surface area contributed by atoms with Crippen LogP contribution in [0.15, 0.2) is 21.2 Å². The van der Waals surface area contributed by atoms with Crippen molar-refractivity contribution in [2.24, 2.45) is 0 Å². The molecular weight excluding hydrogens is 364 g/mol. The lowest BCUT2D eigenvalue weighted by Gasteiger charge is -2.36. The summed E-state index contributed by atoms with van der Waals surface area (Å²) in [6, 6.07) is 3.71. The fourth-order valence-corrected chi connectivity index (χ4v) is 3.40. The first-order chi connectivity index (χ1) is 11.2. The third-order valence-electron chi connectivity index (χ3n) is 4.44. The molecule has 2 aliphatic rings.